The Morgan fingerprint density at radius 3 is 2.75 bits per heavy atom. The molecule has 0 saturated heterocycles. The molecule has 2 rings (SSSR count). The van der Waals surface area contributed by atoms with Gasteiger partial charge in [-0.05, 0) is 25.1 Å². The highest BCUT2D eigenvalue weighted by molar-refractivity contribution is 7.14. The second-order valence-electron chi connectivity index (χ2n) is 4.10. The normalized spacial score (nSPS) is 9.85. The van der Waals surface area contributed by atoms with Crippen LogP contribution >= 0.6 is 11.3 Å². The monoisotopic (exact) mass is 287 g/mol. The molecule has 0 spiro atoms. The van der Waals surface area contributed by atoms with Gasteiger partial charge in [-0.25, -0.2) is 0 Å². The van der Waals surface area contributed by atoms with Crippen LogP contribution in [0.15, 0.2) is 24.3 Å². The summed E-state index contributed by atoms with van der Waals surface area (Å²) in [5.41, 5.74) is 7.32. The van der Waals surface area contributed by atoms with Crippen LogP contribution in [0.3, 0.4) is 0 Å². The van der Waals surface area contributed by atoms with Crippen molar-refractivity contribution in [3.05, 3.63) is 39.6 Å². The zero-order valence-corrected chi connectivity index (χ0v) is 11.9. The first-order valence-corrected chi connectivity index (χ1v) is 6.62. The van der Waals surface area contributed by atoms with E-state index in [1.165, 1.54) is 18.4 Å². The smallest absolute Gasteiger partial charge is 0.265 e. The van der Waals surface area contributed by atoms with Crippen LogP contribution in [-0.4, -0.2) is 13.0 Å². The van der Waals surface area contributed by atoms with Crippen LogP contribution in [0.4, 0.5) is 11.4 Å². The molecule has 0 saturated carbocycles. The highest BCUT2D eigenvalue weighted by Crippen LogP contribution is 2.28. The summed E-state index contributed by atoms with van der Waals surface area (Å²) in [6, 6.07) is 8.49. The molecule has 0 aliphatic heterocycles. The Kier molecular flexibility index (Phi) is 3.91. The fourth-order valence-corrected chi connectivity index (χ4v) is 2.49. The van der Waals surface area contributed by atoms with Crippen LogP contribution in [0.1, 0.15) is 20.1 Å². The largest absolute Gasteiger partial charge is 0.495 e. The number of amides is 1. The molecule has 5 nitrogen and oxygen atoms in total. The molecule has 0 aliphatic rings. The van der Waals surface area contributed by atoms with E-state index in [0.29, 0.717) is 27.6 Å². The number of nitrogen functional groups attached to an aromatic ring is 1. The highest BCUT2D eigenvalue weighted by Gasteiger charge is 2.13. The number of carbonyl (C=O) groups excluding carboxylic acids is 1. The number of carbonyl (C=O) groups is 1. The summed E-state index contributed by atoms with van der Waals surface area (Å²) in [5, 5.41) is 11.6. The summed E-state index contributed by atoms with van der Waals surface area (Å²) >= 11 is 1.33. The van der Waals surface area contributed by atoms with E-state index in [1.54, 1.807) is 24.3 Å². The Morgan fingerprint density at radius 1 is 1.45 bits per heavy atom. The average molecular weight is 287 g/mol. The van der Waals surface area contributed by atoms with Crippen LogP contribution in [0.5, 0.6) is 5.75 Å². The van der Waals surface area contributed by atoms with Crippen molar-refractivity contribution in [3.8, 4) is 11.8 Å². The number of nitrogens with one attached hydrogen (secondary N) is 1. The third-order valence-electron chi connectivity index (χ3n) is 2.76. The number of benzene rings is 1. The molecule has 0 atom stereocenters. The van der Waals surface area contributed by atoms with Crippen LogP contribution < -0.4 is 15.8 Å². The van der Waals surface area contributed by atoms with Gasteiger partial charge < -0.3 is 15.8 Å². The number of aryl methyl sites for hydroxylation is 1. The molecule has 0 aliphatic carbocycles. The minimum atomic E-state index is -0.252. The molecular weight excluding hydrogens is 274 g/mol. The summed E-state index contributed by atoms with van der Waals surface area (Å²) in [6.07, 6.45) is 0. The van der Waals surface area contributed by atoms with Crippen molar-refractivity contribution in [2.75, 3.05) is 18.2 Å². The zero-order valence-electron chi connectivity index (χ0n) is 11.1. The Hall–Kier alpha value is -2.52. The SMILES string of the molecule is COc1cc(C#N)ccc1NC(=O)c1cc(N)c(C)s1. The van der Waals surface area contributed by atoms with Gasteiger partial charge in [0.05, 0.1) is 29.3 Å². The van der Waals surface area contributed by atoms with Crippen LogP contribution in [-0.2, 0) is 0 Å². The molecule has 1 aromatic carbocycles. The molecule has 1 amide bonds. The minimum Gasteiger partial charge on any atom is -0.495 e. The second-order valence-corrected chi connectivity index (χ2v) is 5.36. The van der Waals surface area contributed by atoms with E-state index >= 15 is 0 Å². The Balaban J connectivity index is 2.26. The maximum Gasteiger partial charge on any atom is 0.265 e. The van der Waals surface area contributed by atoms with Gasteiger partial charge in [0.1, 0.15) is 5.75 Å². The first kappa shape index (κ1) is 13.9. The molecule has 6 heteroatoms. The van der Waals surface area contributed by atoms with Gasteiger partial charge in [-0.15, -0.1) is 11.3 Å². The summed E-state index contributed by atoms with van der Waals surface area (Å²) in [5.74, 6) is 0.191. The van der Waals surface area contributed by atoms with E-state index in [4.69, 9.17) is 15.7 Å². The number of rotatable bonds is 3. The van der Waals surface area contributed by atoms with Gasteiger partial charge >= 0.3 is 0 Å². The molecule has 0 fully saturated rings. The fraction of sp³-hybridized carbons (Fsp3) is 0.143. The van der Waals surface area contributed by atoms with Gasteiger partial charge in [-0.3, -0.25) is 4.79 Å². The lowest BCUT2D eigenvalue weighted by molar-refractivity contribution is 0.103. The van der Waals surface area contributed by atoms with Crippen LogP contribution in [0.2, 0.25) is 0 Å². The molecule has 0 radical (unpaired) electrons. The molecule has 2 aromatic rings. The highest BCUT2D eigenvalue weighted by atomic mass is 32.1. The van der Waals surface area contributed by atoms with Crippen molar-refractivity contribution >= 4 is 28.6 Å². The van der Waals surface area contributed by atoms with Gasteiger partial charge in [-0.2, -0.15) is 5.26 Å². The molecule has 0 bridgehead atoms. The number of thiophene rings is 1. The number of hydrogen-bond donors (Lipinski definition) is 2. The van der Waals surface area contributed by atoms with Crippen molar-refractivity contribution in [3.63, 3.8) is 0 Å². The molecule has 0 unspecified atom stereocenters. The zero-order chi connectivity index (χ0) is 14.7. The molecule has 1 heterocycles. The van der Waals surface area contributed by atoms with E-state index < -0.39 is 0 Å². The maximum absolute atomic E-state index is 12.1. The fourth-order valence-electron chi connectivity index (χ4n) is 1.66. The predicted octanol–water partition coefficient (Wildman–Crippen LogP) is 2.77. The Labute approximate surface area is 120 Å². The first-order valence-electron chi connectivity index (χ1n) is 5.80. The van der Waals surface area contributed by atoms with E-state index in [0.717, 1.165) is 4.88 Å². The number of nitrogens with two attached hydrogens (primary N) is 1. The van der Waals surface area contributed by atoms with E-state index in [-0.39, 0.29) is 5.91 Å². The van der Waals surface area contributed by atoms with Crippen molar-refractivity contribution in [2.24, 2.45) is 0 Å². The molecule has 1 aromatic heterocycles. The summed E-state index contributed by atoms with van der Waals surface area (Å²) < 4.78 is 5.17. The first-order chi connectivity index (χ1) is 9.55. The number of methoxy groups -OCH3 is 1. The number of hydrogen-bond acceptors (Lipinski definition) is 5. The second kappa shape index (κ2) is 5.63. The number of ether oxygens (including phenoxy) is 1. The van der Waals surface area contributed by atoms with Crippen molar-refractivity contribution in [1.29, 1.82) is 5.26 Å². The molecular formula is C14H13N3O2S. The number of nitriles is 1. The topological polar surface area (TPSA) is 88.1 Å². The third kappa shape index (κ3) is 2.73. The lowest BCUT2D eigenvalue weighted by Crippen LogP contribution is -2.11. The van der Waals surface area contributed by atoms with Crippen molar-refractivity contribution < 1.29 is 9.53 Å². The molecule has 102 valence electrons. The van der Waals surface area contributed by atoms with Crippen LogP contribution in [0.25, 0.3) is 0 Å². The standard InChI is InChI=1S/C14H13N3O2S/c1-8-10(16)6-13(20-8)14(18)17-11-4-3-9(7-15)5-12(11)19-2/h3-6H,16H2,1-2H3,(H,17,18). The van der Waals surface area contributed by atoms with Crippen molar-refractivity contribution in [1.82, 2.24) is 0 Å². The van der Waals surface area contributed by atoms with Crippen molar-refractivity contribution in [2.45, 2.75) is 6.92 Å². The molecule has 20 heavy (non-hydrogen) atoms. The Morgan fingerprint density at radius 2 is 2.20 bits per heavy atom. The van der Waals surface area contributed by atoms with Crippen LogP contribution in [0, 0.1) is 18.3 Å². The van der Waals surface area contributed by atoms with Gasteiger partial charge in [0, 0.05) is 16.6 Å². The Bertz CT molecular complexity index is 681. The third-order valence-corrected chi connectivity index (χ3v) is 3.82. The predicted molar refractivity (Wildman–Crippen MR) is 79.1 cm³/mol. The molecule has 3 N–H and O–H groups in total. The van der Waals surface area contributed by atoms with Gasteiger partial charge in [0.2, 0.25) is 0 Å². The lowest BCUT2D eigenvalue weighted by atomic mass is 10.2. The van der Waals surface area contributed by atoms with E-state index in [9.17, 15) is 4.79 Å². The quantitative estimate of drug-likeness (QED) is 0.908. The number of nitrogens with zero attached hydrogens (tertiary/aromatic N) is 1. The van der Waals surface area contributed by atoms with E-state index in [1.807, 2.05) is 13.0 Å². The maximum atomic E-state index is 12.1. The summed E-state index contributed by atoms with van der Waals surface area (Å²) in [4.78, 5) is 13.6. The van der Waals surface area contributed by atoms with Gasteiger partial charge in [0.25, 0.3) is 5.91 Å². The summed E-state index contributed by atoms with van der Waals surface area (Å²) in [6.45, 7) is 1.86. The number of anilines is 2. The van der Waals surface area contributed by atoms with E-state index in [2.05, 4.69) is 5.32 Å². The average Bonchev–Trinajstić information content (AvgIpc) is 2.79. The summed E-state index contributed by atoms with van der Waals surface area (Å²) in [7, 11) is 1.49. The minimum absolute atomic E-state index is 0.252. The lowest BCUT2D eigenvalue weighted by Gasteiger charge is -2.09. The van der Waals surface area contributed by atoms with Gasteiger partial charge in [-0.1, -0.05) is 0 Å². The van der Waals surface area contributed by atoms with Gasteiger partial charge in [0.15, 0.2) is 0 Å².